The van der Waals surface area contributed by atoms with Gasteiger partial charge in [0.2, 0.25) is 0 Å². The fraction of sp³-hybridized carbons (Fsp3) is 0.400. The molecule has 0 spiro atoms. The molecule has 0 saturated carbocycles. The molecule has 1 aromatic carbocycles. The molecule has 2 N–H and O–H groups in total. The predicted octanol–water partition coefficient (Wildman–Crippen LogP) is 1.44. The molecule has 0 amide bonds. The summed E-state index contributed by atoms with van der Waals surface area (Å²) >= 11 is 0. The molecular formula is C15H20N2O3S. The summed E-state index contributed by atoms with van der Waals surface area (Å²) in [7, 11) is -2.99. The van der Waals surface area contributed by atoms with Crippen molar-refractivity contribution in [3.05, 3.63) is 46.4 Å². The molecule has 2 aromatic rings. The fourth-order valence-corrected chi connectivity index (χ4v) is 3.37. The van der Waals surface area contributed by atoms with E-state index >= 15 is 0 Å². The van der Waals surface area contributed by atoms with Crippen molar-refractivity contribution in [2.24, 2.45) is 0 Å². The van der Waals surface area contributed by atoms with Crippen molar-refractivity contribution in [2.75, 3.05) is 11.5 Å². The number of aromatic amines is 1. The molecule has 1 heterocycles. The second-order valence-corrected chi connectivity index (χ2v) is 7.57. The standard InChI is InChI=1S/C15H20N2O3S/c1-3-21(19,20)10-11(2)16-8-12-9-17-15(18)14-7-5-4-6-13(12)14/h4-7,9,11,16H,3,8,10H2,1-2H3,(H,17,18). The smallest absolute Gasteiger partial charge is 0.255 e. The van der Waals surface area contributed by atoms with Crippen molar-refractivity contribution in [2.45, 2.75) is 26.4 Å². The molecule has 0 aliphatic carbocycles. The highest BCUT2D eigenvalue weighted by Gasteiger charge is 2.13. The molecule has 0 aliphatic rings. The van der Waals surface area contributed by atoms with Gasteiger partial charge < -0.3 is 10.3 Å². The first-order valence-electron chi connectivity index (χ1n) is 6.96. The van der Waals surface area contributed by atoms with Gasteiger partial charge in [-0.15, -0.1) is 0 Å². The lowest BCUT2D eigenvalue weighted by molar-refractivity contribution is 0.557. The van der Waals surface area contributed by atoms with E-state index < -0.39 is 9.84 Å². The van der Waals surface area contributed by atoms with Crippen LogP contribution in [0.5, 0.6) is 0 Å². The number of aromatic nitrogens is 1. The van der Waals surface area contributed by atoms with Gasteiger partial charge in [-0.1, -0.05) is 25.1 Å². The Kier molecular flexibility index (Phi) is 4.80. The minimum Gasteiger partial charge on any atom is -0.328 e. The highest BCUT2D eigenvalue weighted by molar-refractivity contribution is 7.91. The fourth-order valence-electron chi connectivity index (χ4n) is 2.26. The van der Waals surface area contributed by atoms with Crippen molar-refractivity contribution in [3.8, 4) is 0 Å². The van der Waals surface area contributed by atoms with Crippen LogP contribution in [0, 0.1) is 0 Å². The molecule has 2 rings (SSSR count). The van der Waals surface area contributed by atoms with Gasteiger partial charge in [-0.25, -0.2) is 8.42 Å². The number of H-pyrrole nitrogens is 1. The Morgan fingerprint density at radius 1 is 1.24 bits per heavy atom. The maximum absolute atomic E-state index is 11.7. The third-order valence-electron chi connectivity index (χ3n) is 3.48. The van der Waals surface area contributed by atoms with Gasteiger partial charge in [-0.3, -0.25) is 4.79 Å². The van der Waals surface area contributed by atoms with Crippen molar-refractivity contribution >= 4 is 20.6 Å². The van der Waals surface area contributed by atoms with Crippen molar-refractivity contribution in [1.29, 1.82) is 0 Å². The topological polar surface area (TPSA) is 79.0 Å². The average molecular weight is 308 g/mol. The van der Waals surface area contributed by atoms with Gasteiger partial charge in [0.1, 0.15) is 0 Å². The monoisotopic (exact) mass is 308 g/mol. The van der Waals surface area contributed by atoms with Crippen LogP contribution in [0.15, 0.2) is 35.3 Å². The van der Waals surface area contributed by atoms with E-state index in [0.29, 0.717) is 11.9 Å². The minimum absolute atomic E-state index is 0.115. The lowest BCUT2D eigenvalue weighted by Gasteiger charge is -2.14. The van der Waals surface area contributed by atoms with Gasteiger partial charge in [0, 0.05) is 29.9 Å². The van der Waals surface area contributed by atoms with Gasteiger partial charge in [0.05, 0.1) is 5.75 Å². The first kappa shape index (κ1) is 15.7. The Balaban J connectivity index is 2.14. The van der Waals surface area contributed by atoms with Gasteiger partial charge in [-0.2, -0.15) is 0 Å². The second kappa shape index (κ2) is 6.41. The molecular weight excluding hydrogens is 288 g/mol. The third kappa shape index (κ3) is 3.92. The predicted molar refractivity (Wildman–Crippen MR) is 85.2 cm³/mol. The third-order valence-corrected chi connectivity index (χ3v) is 5.37. The van der Waals surface area contributed by atoms with Crippen molar-refractivity contribution in [1.82, 2.24) is 10.3 Å². The van der Waals surface area contributed by atoms with Crippen molar-refractivity contribution in [3.63, 3.8) is 0 Å². The molecule has 21 heavy (non-hydrogen) atoms. The van der Waals surface area contributed by atoms with Gasteiger partial charge in [0.15, 0.2) is 9.84 Å². The van der Waals surface area contributed by atoms with Gasteiger partial charge in [-0.05, 0) is 23.9 Å². The van der Waals surface area contributed by atoms with Crippen LogP contribution in [-0.2, 0) is 16.4 Å². The molecule has 0 fully saturated rings. The quantitative estimate of drug-likeness (QED) is 0.846. The zero-order chi connectivity index (χ0) is 15.5. The molecule has 1 aromatic heterocycles. The molecule has 1 atom stereocenters. The normalized spacial score (nSPS) is 13.4. The van der Waals surface area contributed by atoms with Crippen LogP contribution in [0.1, 0.15) is 19.4 Å². The van der Waals surface area contributed by atoms with E-state index in [0.717, 1.165) is 10.9 Å². The highest BCUT2D eigenvalue weighted by Crippen LogP contribution is 2.14. The van der Waals surface area contributed by atoms with E-state index in [1.165, 1.54) is 0 Å². The molecule has 0 radical (unpaired) electrons. The van der Waals surface area contributed by atoms with Gasteiger partial charge >= 0.3 is 0 Å². The van der Waals surface area contributed by atoms with Crippen LogP contribution in [0.4, 0.5) is 0 Å². The second-order valence-electron chi connectivity index (χ2n) is 5.17. The van der Waals surface area contributed by atoms with Crippen LogP contribution < -0.4 is 10.9 Å². The molecule has 5 nitrogen and oxygen atoms in total. The summed E-state index contributed by atoms with van der Waals surface area (Å²) in [6.07, 6.45) is 1.68. The summed E-state index contributed by atoms with van der Waals surface area (Å²) in [5.74, 6) is 0.269. The van der Waals surface area contributed by atoms with E-state index in [4.69, 9.17) is 0 Å². The Hall–Kier alpha value is -1.66. The van der Waals surface area contributed by atoms with Crippen LogP contribution in [0.25, 0.3) is 10.8 Å². The molecule has 114 valence electrons. The number of rotatable bonds is 6. The number of benzene rings is 1. The maximum atomic E-state index is 11.7. The SMILES string of the molecule is CCS(=O)(=O)CC(C)NCc1c[nH]c(=O)c2ccccc12. The molecule has 0 saturated heterocycles. The summed E-state index contributed by atoms with van der Waals surface area (Å²) in [4.78, 5) is 14.5. The Morgan fingerprint density at radius 2 is 1.90 bits per heavy atom. The lowest BCUT2D eigenvalue weighted by atomic mass is 10.1. The number of fused-ring (bicyclic) bond motifs is 1. The number of pyridine rings is 1. The summed E-state index contributed by atoms with van der Waals surface area (Å²) in [6, 6.07) is 7.25. The zero-order valence-corrected chi connectivity index (χ0v) is 13.0. The van der Waals surface area contributed by atoms with Crippen LogP contribution >= 0.6 is 0 Å². The number of hydrogen-bond donors (Lipinski definition) is 2. The summed E-state index contributed by atoms with van der Waals surface area (Å²) in [5, 5.41) is 4.73. The van der Waals surface area contributed by atoms with Crippen LogP contribution in [0.2, 0.25) is 0 Å². The van der Waals surface area contributed by atoms with E-state index in [2.05, 4.69) is 10.3 Å². The molecule has 1 unspecified atom stereocenters. The number of nitrogens with one attached hydrogen (secondary N) is 2. The zero-order valence-electron chi connectivity index (χ0n) is 12.2. The van der Waals surface area contributed by atoms with Crippen molar-refractivity contribution < 1.29 is 8.42 Å². The Morgan fingerprint density at radius 3 is 2.57 bits per heavy atom. The Bertz CT molecular complexity index is 781. The minimum atomic E-state index is -2.99. The summed E-state index contributed by atoms with van der Waals surface area (Å²) < 4.78 is 23.2. The summed E-state index contributed by atoms with van der Waals surface area (Å²) in [5.41, 5.74) is 0.835. The number of sulfone groups is 1. The van der Waals surface area contributed by atoms with E-state index in [1.54, 1.807) is 19.2 Å². The Labute approximate surface area is 124 Å². The molecule has 0 bridgehead atoms. The summed E-state index contributed by atoms with van der Waals surface area (Å²) in [6.45, 7) is 4.01. The van der Waals surface area contributed by atoms with Crippen LogP contribution in [-0.4, -0.2) is 30.9 Å². The largest absolute Gasteiger partial charge is 0.328 e. The van der Waals surface area contributed by atoms with E-state index in [1.807, 2.05) is 25.1 Å². The highest BCUT2D eigenvalue weighted by atomic mass is 32.2. The average Bonchev–Trinajstić information content (AvgIpc) is 2.46. The molecule has 6 heteroatoms. The molecule has 0 aliphatic heterocycles. The van der Waals surface area contributed by atoms with Crippen LogP contribution in [0.3, 0.4) is 0 Å². The first-order chi connectivity index (χ1) is 9.93. The lowest BCUT2D eigenvalue weighted by Crippen LogP contribution is -2.33. The van der Waals surface area contributed by atoms with Gasteiger partial charge in [0.25, 0.3) is 5.56 Å². The first-order valence-corrected chi connectivity index (χ1v) is 8.78. The van der Waals surface area contributed by atoms with E-state index in [-0.39, 0.29) is 23.1 Å². The number of hydrogen-bond acceptors (Lipinski definition) is 4. The maximum Gasteiger partial charge on any atom is 0.255 e. The van der Waals surface area contributed by atoms with E-state index in [9.17, 15) is 13.2 Å².